The fourth-order valence-electron chi connectivity index (χ4n) is 4.10. The molecule has 2 aliphatic rings. The van der Waals surface area contributed by atoms with E-state index in [0.717, 1.165) is 6.42 Å². The van der Waals surface area contributed by atoms with Gasteiger partial charge in [-0.25, -0.2) is 0 Å². The number of likely N-dealkylation sites (N-methyl/N-ethyl adjacent to an activating group) is 1. The van der Waals surface area contributed by atoms with Gasteiger partial charge < -0.3 is 9.84 Å². The average molecular weight is 289 g/mol. The van der Waals surface area contributed by atoms with Gasteiger partial charge in [0.1, 0.15) is 0 Å². The standard InChI is InChI=1S/C17H23NO3/c1-10-4-6-11(7-5-10)12-8-13-15(19)9-14(18(13)2)16(12)17(20)21-3/h4-7,12-16,19H,8-9H2,1-3H3/t12-,13-,14?,15-,16+/m0/s1. The zero-order chi connectivity index (χ0) is 15.1. The molecule has 21 heavy (non-hydrogen) atoms. The maximum absolute atomic E-state index is 12.3. The zero-order valence-electron chi connectivity index (χ0n) is 12.8. The number of carbonyl (C=O) groups is 1. The van der Waals surface area contributed by atoms with Crippen molar-refractivity contribution < 1.29 is 14.6 Å². The van der Waals surface area contributed by atoms with Crippen molar-refractivity contribution in [3.63, 3.8) is 0 Å². The van der Waals surface area contributed by atoms with Crippen molar-refractivity contribution in [1.29, 1.82) is 0 Å². The van der Waals surface area contributed by atoms with E-state index in [1.807, 2.05) is 7.05 Å². The predicted octanol–water partition coefficient (Wildman–Crippen LogP) is 1.71. The first-order valence-corrected chi connectivity index (χ1v) is 7.57. The molecule has 2 heterocycles. The van der Waals surface area contributed by atoms with Gasteiger partial charge in [0.2, 0.25) is 0 Å². The van der Waals surface area contributed by atoms with Crippen molar-refractivity contribution in [1.82, 2.24) is 4.90 Å². The Morgan fingerprint density at radius 3 is 2.52 bits per heavy atom. The molecule has 0 spiro atoms. The Balaban J connectivity index is 1.97. The summed E-state index contributed by atoms with van der Waals surface area (Å²) < 4.78 is 5.05. The van der Waals surface area contributed by atoms with E-state index in [2.05, 4.69) is 36.1 Å². The molecule has 0 aliphatic carbocycles. The molecular weight excluding hydrogens is 266 g/mol. The van der Waals surface area contributed by atoms with Crippen molar-refractivity contribution in [2.75, 3.05) is 14.2 Å². The SMILES string of the molecule is COC(=O)[C@H]1C2C[C@H](O)[C@H](C[C@H]1c1ccc(C)cc1)N2C. The second kappa shape index (κ2) is 5.43. The van der Waals surface area contributed by atoms with E-state index < -0.39 is 0 Å². The van der Waals surface area contributed by atoms with Crippen molar-refractivity contribution >= 4 is 5.97 Å². The quantitative estimate of drug-likeness (QED) is 0.842. The third kappa shape index (κ3) is 2.36. The number of rotatable bonds is 2. The van der Waals surface area contributed by atoms with Gasteiger partial charge in [-0.1, -0.05) is 29.8 Å². The Hall–Kier alpha value is -1.39. The second-order valence-corrected chi connectivity index (χ2v) is 6.41. The number of esters is 1. The van der Waals surface area contributed by atoms with Crippen LogP contribution >= 0.6 is 0 Å². The Labute approximate surface area is 125 Å². The number of fused-ring (bicyclic) bond motifs is 2. The van der Waals surface area contributed by atoms with E-state index in [1.54, 1.807) is 0 Å². The van der Waals surface area contributed by atoms with E-state index in [9.17, 15) is 9.90 Å². The number of nitrogens with zero attached hydrogens (tertiary/aromatic N) is 1. The lowest BCUT2D eigenvalue weighted by Crippen LogP contribution is -2.49. The number of benzene rings is 1. The van der Waals surface area contributed by atoms with Gasteiger partial charge in [0.05, 0.1) is 19.1 Å². The summed E-state index contributed by atoms with van der Waals surface area (Å²) in [6, 6.07) is 8.58. The summed E-state index contributed by atoms with van der Waals surface area (Å²) in [5.41, 5.74) is 2.39. The Morgan fingerprint density at radius 2 is 1.90 bits per heavy atom. The highest BCUT2D eigenvalue weighted by Gasteiger charge is 2.53. The number of hydrogen-bond donors (Lipinski definition) is 1. The lowest BCUT2D eigenvalue weighted by molar-refractivity contribution is -0.150. The molecule has 1 unspecified atom stereocenters. The van der Waals surface area contributed by atoms with E-state index in [-0.39, 0.29) is 36.0 Å². The van der Waals surface area contributed by atoms with Gasteiger partial charge in [-0.15, -0.1) is 0 Å². The molecule has 2 fully saturated rings. The zero-order valence-corrected chi connectivity index (χ0v) is 12.8. The summed E-state index contributed by atoms with van der Waals surface area (Å²) in [4.78, 5) is 14.5. The molecule has 2 aliphatic heterocycles. The lowest BCUT2D eigenvalue weighted by atomic mass is 9.76. The molecule has 0 aromatic heterocycles. The molecule has 5 atom stereocenters. The minimum Gasteiger partial charge on any atom is -0.469 e. The molecule has 1 N–H and O–H groups in total. The highest BCUT2D eigenvalue weighted by molar-refractivity contribution is 5.75. The monoisotopic (exact) mass is 289 g/mol. The van der Waals surface area contributed by atoms with Gasteiger partial charge in [-0.3, -0.25) is 9.69 Å². The highest BCUT2D eigenvalue weighted by atomic mass is 16.5. The van der Waals surface area contributed by atoms with E-state index in [4.69, 9.17) is 4.74 Å². The minimum absolute atomic E-state index is 0.0671. The molecule has 2 bridgehead atoms. The van der Waals surface area contributed by atoms with E-state index in [1.165, 1.54) is 18.2 Å². The molecule has 0 saturated carbocycles. The van der Waals surface area contributed by atoms with Crippen molar-refractivity contribution in [2.45, 2.75) is 43.9 Å². The first-order chi connectivity index (χ1) is 10.0. The van der Waals surface area contributed by atoms with Crippen LogP contribution in [0.1, 0.15) is 29.9 Å². The summed E-state index contributed by atoms with van der Waals surface area (Å²) in [6.07, 6.45) is 1.11. The Bertz CT molecular complexity index is 527. The number of methoxy groups -OCH3 is 1. The molecule has 0 radical (unpaired) electrons. The number of hydrogen-bond acceptors (Lipinski definition) is 4. The number of aliphatic hydroxyl groups excluding tert-OH is 1. The Kier molecular flexibility index (Phi) is 3.76. The van der Waals surface area contributed by atoms with Gasteiger partial charge in [-0.05, 0) is 32.4 Å². The fourth-order valence-corrected chi connectivity index (χ4v) is 4.10. The van der Waals surface area contributed by atoms with Gasteiger partial charge in [0.25, 0.3) is 0 Å². The van der Waals surface area contributed by atoms with Gasteiger partial charge in [0.15, 0.2) is 0 Å². The van der Waals surface area contributed by atoms with Crippen LogP contribution in [0.25, 0.3) is 0 Å². The van der Waals surface area contributed by atoms with Crippen molar-refractivity contribution in [3.05, 3.63) is 35.4 Å². The average Bonchev–Trinajstić information content (AvgIpc) is 2.66. The van der Waals surface area contributed by atoms with Crippen LogP contribution in [0.4, 0.5) is 0 Å². The van der Waals surface area contributed by atoms with Crippen molar-refractivity contribution in [2.24, 2.45) is 5.92 Å². The molecule has 4 nitrogen and oxygen atoms in total. The number of ether oxygens (including phenoxy) is 1. The number of carbonyl (C=O) groups excluding carboxylic acids is 1. The molecular formula is C17H23NO3. The highest BCUT2D eigenvalue weighted by Crippen LogP contribution is 2.46. The Morgan fingerprint density at radius 1 is 1.24 bits per heavy atom. The van der Waals surface area contributed by atoms with Crippen LogP contribution in [0.5, 0.6) is 0 Å². The molecule has 114 valence electrons. The molecule has 4 heteroatoms. The fraction of sp³-hybridized carbons (Fsp3) is 0.588. The maximum Gasteiger partial charge on any atom is 0.310 e. The van der Waals surface area contributed by atoms with Crippen LogP contribution in [0.2, 0.25) is 0 Å². The third-order valence-electron chi connectivity index (χ3n) is 5.30. The number of aryl methyl sites for hydroxylation is 1. The van der Waals surface area contributed by atoms with Gasteiger partial charge in [-0.2, -0.15) is 0 Å². The maximum atomic E-state index is 12.3. The summed E-state index contributed by atoms with van der Waals surface area (Å²) in [5.74, 6) is -0.234. The van der Waals surface area contributed by atoms with E-state index in [0.29, 0.717) is 6.42 Å². The van der Waals surface area contributed by atoms with Crippen LogP contribution in [0, 0.1) is 12.8 Å². The summed E-state index contributed by atoms with van der Waals surface area (Å²) in [7, 11) is 3.46. The van der Waals surface area contributed by atoms with Crippen LogP contribution in [0.3, 0.4) is 0 Å². The van der Waals surface area contributed by atoms with Crippen LogP contribution in [-0.4, -0.2) is 48.3 Å². The smallest absolute Gasteiger partial charge is 0.310 e. The summed E-state index contributed by atoms with van der Waals surface area (Å²) >= 11 is 0. The van der Waals surface area contributed by atoms with Crippen LogP contribution in [-0.2, 0) is 9.53 Å². The number of piperidine rings is 1. The normalized spacial score (nSPS) is 35.7. The van der Waals surface area contributed by atoms with E-state index >= 15 is 0 Å². The summed E-state index contributed by atoms with van der Waals surface area (Å²) in [6.45, 7) is 2.06. The first kappa shape index (κ1) is 14.5. The molecule has 1 aromatic carbocycles. The summed E-state index contributed by atoms with van der Waals surface area (Å²) in [5, 5.41) is 10.3. The third-order valence-corrected chi connectivity index (χ3v) is 5.30. The molecule has 3 rings (SSSR count). The van der Waals surface area contributed by atoms with Gasteiger partial charge >= 0.3 is 5.97 Å². The van der Waals surface area contributed by atoms with Crippen molar-refractivity contribution in [3.8, 4) is 0 Å². The topological polar surface area (TPSA) is 49.8 Å². The lowest BCUT2D eigenvalue weighted by Gasteiger charge is -2.41. The first-order valence-electron chi connectivity index (χ1n) is 7.57. The predicted molar refractivity (Wildman–Crippen MR) is 80.0 cm³/mol. The molecule has 0 amide bonds. The molecule has 1 aromatic rings. The second-order valence-electron chi connectivity index (χ2n) is 6.41. The van der Waals surface area contributed by atoms with Crippen LogP contribution in [0.15, 0.2) is 24.3 Å². The largest absolute Gasteiger partial charge is 0.469 e. The minimum atomic E-state index is -0.345. The molecule has 2 saturated heterocycles. The van der Waals surface area contributed by atoms with Gasteiger partial charge in [0, 0.05) is 18.0 Å². The number of aliphatic hydroxyl groups is 1. The van der Waals surface area contributed by atoms with Crippen LogP contribution < -0.4 is 0 Å².